The molecule has 0 aliphatic heterocycles. The van der Waals surface area contributed by atoms with E-state index in [-0.39, 0.29) is 23.5 Å². The Hall–Kier alpha value is -2.57. The SMILES string of the molecule is Cc1c(C(N)=O)ccc(OCc2ccc(C(F)(F)F)cc2)c1F. The Morgan fingerprint density at radius 2 is 1.74 bits per heavy atom. The molecule has 2 rings (SSSR count). The lowest BCUT2D eigenvalue weighted by atomic mass is 10.1. The summed E-state index contributed by atoms with van der Waals surface area (Å²) >= 11 is 0. The molecular weight excluding hydrogens is 314 g/mol. The van der Waals surface area contributed by atoms with Crippen LogP contribution in [0.1, 0.15) is 27.0 Å². The van der Waals surface area contributed by atoms with Crippen LogP contribution in [0.15, 0.2) is 36.4 Å². The molecule has 0 fully saturated rings. The van der Waals surface area contributed by atoms with E-state index in [0.717, 1.165) is 12.1 Å². The monoisotopic (exact) mass is 327 g/mol. The van der Waals surface area contributed by atoms with Gasteiger partial charge in [-0.3, -0.25) is 4.79 Å². The van der Waals surface area contributed by atoms with Gasteiger partial charge in [-0.1, -0.05) is 12.1 Å². The van der Waals surface area contributed by atoms with Crippen LogP contribution in [0.5, 0.6) is 5.75 Å². The van der Waals surface area contributed by atoms with Crippen molar-refractivity contribution in [2.24, 2.45) is 5.73 Å². The van der Waals surface area contributed by atoms with Crippen molar-refractivity contribution in [2.75, 3.05) is 0 Å². The van der Waals surface area contributed by atoms with E-state index in [1.807, 2.05) is 0 Å². The van der Waals surface area contributed by atoms with Crippen molar-refractivity contribution in [2.45, 2.75) is 19.7 Å². The Morgan fingerprint density at radius 3 is 2.26 bits per heavy atom. The zero-order chi connectivity index (χ0) is 17.2. The standard InChI is InChI=1S/C16H13F4NO2/c1-9-12(15(21)22)6-7-13(14(9)17)23-8-10-2-4-11(5-3-10)16(18,19)20/h2-7H,8H2,1H3,(H2,21,22). The van der Waals surface area contributed by atoms with Crippen LogP contribution in [-0.4, -0.2) is 5.91 Å². The summed E-state index contributed by atoms with van der Waals surface area (Å²) in [6.45, 7) is 1.28. The summed E-state index contributed by atoms with van der Waals surface area (Å²) in [4.78, 5) is 11.1. The smallest absolute Gasteiger partial charge is 0.416 e. The second-order valence-corrected chi connectivity index (χ2v) is 4.90. The highest BCUT2D eigenvalue weighted by atomic mass is 19.4. The average molecular weight is 327 g/mol. The van der Waals surface area contributed by atoms with Crippen molar-refractivity contribution in [3.8, 4) is 5.75 Å². The van der Waals surface area contributed by atoms with E-state index in [1.54, 1.807) is 0 Å². The highest BCUT2D eigenvalue weighted by Gasteiger charge is 2.29. The van der Waals surface area contributed by atoms with Crippen molar-refractivity contribution >= 4 is 5.91 Å². The number of rotatable bonds is 4. The predicted octanol–water partition coefficient (Wildman–Crippen LogP) is 3.83. The highest BCUT2D eigenvalue weighted by Crippen LogP contribution is 2.29. The van der Waals surface area contributed by atoms with Gasteiger partial charge in [0.05, 0.1) is 5.56 Å². The van der Waals surface area contributed by atoms with E-state index in [9.17, 15) is 22.4 Å². The van der Waals surface area contributed by atoms with Gasteiger partial charge in [-0.25, -0.2) is 4.39 Å². The quantitative estimate of drug-likeness (QED) is 0.868. The fourth-order valence-corrected chi connectivity index (χ4v) is 1.99. The topological polar surface area (TPSA) is 52.3 Å². The maximum absolute atomic E-state index is 14.1. The Kier molecular flexibility index (Phi) is 4.58. The molecular formula is C16H13F4NO2. The van der Waals surface area contributed by atoms with Crippen molar-refractivity contribution in [1.29, 1.82) is 0 Å². The summed E-state index contributed by atoms with van der Waals surface area (Å²) in [6, 6.07) is 6.96. The van der Waals surface area contributed by atoms with E-state index >= 15 is 0 Å². The number of ether oxygens (including phenoxy) is 1. The first-order valence-corrected chi connectivity index (χ1v) is 6.58. The third-order valence-electron chi connectivity index (χ3n) is 3.29. The lowest BCUT2D eigenvalue weighted by Crippen LogP contribution is -2.14. The molecule has 23 heavy (non-hydrogen) atoms. The first-order chi connectivity index (χ1) is 10.7. The van der Waals surface area contributed by atoms with Crippen LogP contribution in [-0.2, 0) is 12.8 Å². The third-order valence-corrected chi connectivity index (χ3v) is 3.29. The Bertz CT molecular complexity index is 724. The number of primary amides is 1. The summed E-state index contributed by atoms with van der Waals surface area (Å²) in [7, 11) is 0. The van der Waals surface area contributed by atoms with Crippen LogP contribution in [0.25, 0.3) is 0 Å². The summed E-state index contributed by atoms with van der Waals surface area (Å²) in [6.07, 6.45) is -4.41. The second-order valence-electron chi connectivity index (χ2n) is 4.90. The second kappa shape index (κ2) is 6.28. The van der Waals surface area contributed by atoms with Gasteiger partial charge < -0.3 is 10.5 Å². The predicted molar refractivity (Wildman–Crippen MR) is 75.4 cm³/mol. The number of alkyl halides is 3. The number of halogens is 4. The number of hydrogen-bond acceptors (Lipinski definition) is 2. The van der Waals surface area contributed by atoms with E-state index < -0.39 is 23.5 Å². The van der Waals surface area contributed by atoms with Crippen LogP contribution in [0.2, 0.25) is 0 Å². The minimum atomic E-state index is -4.41. The molecule has 2 aromatic carbocycles. The minimum Gasteiger partial charge on any atom is -0.486 e. The van der Waals surface area contributed by atoms with Crippen LogP contribution in [0, 0.1) is 12.7 Å². The van der Waals surface area contributed by atoms with Gasteiger partial charge in [-0.05, 0) is 36.8 Å². The molecule has 7 heteroatoms. The Labute approximate surface area is 129 Å². The van der Waals surface area contributed by atoms with Crippen LogP contribution in [0.4, 0.5) is 17.6 Å². The maximum Gasteiger partial charge on any atom is 0.416 e. The zero-order valence-electron chi connectivity index (χ0n) is 12.1. The van der Waals surface area contributed by atoms with E-state index in [1.165, 1.54) is 31.2 Å². The summed E-state index contributed by atoms with van der Waals surface area (Å²) < 4.78 is 56.7. The van der Waals surface area contributed by atoms with Gasteiger partial charge in [0.15, 0.2) is 11.6 Å². The largest absolute Gasteiger partial charge is 0.486 e. The number of carbonyl (C=O) groups excluding carboxylic acids is 1. The van der Waals surface area contributed by atoms with E-state index in [2.05, 4.69) is 0 Å². The molecule has 0 radical (unpaired) electrons. The normalized spacial score (nSPS) is 11.3. The Morgan fingerprint density at radius 1 is 1.13 bits per heavy atom. The van der Waals surface area contributed by atoms with Crippen LogP contribution >= 0.6 is 0 Å². The molecule has 1 amide bonds. The molecule has 0 aliphatic carbocycles. The minimum absolute atomic E-state index is 0.0457. The van der Waals surface area contributed by atoms with Gasteiger partial charge in [0.25, 0.3) is 0 Å². The van der Waals surface area contributed by atoms with Crippen molar-refractivity contribution in [1.82, 2.24) is 0 Å². The molecule has 122 valence electrons. The third kappa shape index (κ3) is 3.80. The van der Waals surface area contributed by atoms with Gasteiger partial charge in [0.2, 0.25) is 5.91 Å². The number of amides is 1. The summed E-state index contributed by atoms with van der Waals surface area (Å²) in [5.74, 6) is -1.59. The van der Waals surface area contributed by atoms with E-state index in [4.69, 9.17) is 10.5 Å². The number of nitrogens with two attached hydrogens (primary N) is 1. The van der Waals surface area contributed by atoms with Crippen LogP contribution in [0.3, 0.4) is 0 Å². The highest BCUT2D eigenvalue weighted by molar-refractivity contribution is 5.94. The lowest BCUT2D eigenvalue weighted by Gasteiger charge is -2.11. The molecule has 3 nitrogen and oxygen atoms in total. The Balaban J connectivity index is 2.12. The number of hydrogen-bond donors (Lipinski definition) is 1. The first kappa shape index (κ1) is 16.8. The maximum atomic E-state index is 14.1. The van der Waals surface area contributed by atoms with Gasteiger partial charge in [0.1, 0.15) is 6.61 Å². The molecule has 0 aromatic heterocycles. The molecule has 0 saturated heterocycles. The lowest BCUT2D eigenvalue weighted by molar-refractivity contribution is -0.137. The molecule has 2 N–H and O–H groups in total. The molecule has 0 spiro atoms. The van der Waals surface area contributed by atoms with Gasteiger partial charge in [-0.15, -0.1) is 0 Å². The molecule has 0 heterocycles. The number of benzene rings is 2. The fourth-order valence-electron chi connectivity index (χ4n) is 1.99. The summed E-state index contributed by atoms with van der Waals surface area (Å²) in [5, 5.41) is 0. The van der Waals surface area contributed by atoms with Gasteiger partial charge in [-0.2, -0.15) is 13.2 Å². The first-order valence-electron chi connectivity index (χ1n) is 6.58. The van der Waals surface area contributed by atoms with Gasteiger partial charge >= 0.3 is 6.18 Å². The average Bonchev–Trinajstić information content (AvgIpc) is 2.48. The zero-order valence-corrected chi connectivity index (χ0v) is 12.1. The van der Waals surface area contributed by atoms with Crippen LogP contribution < -0.4 is 10.5 Å². The van der Waals surface area contributed by atoms with E-state index in [0.29, 0.717) is 5.56 Å². The van der Waals surface area contributed by atoms with Gasteiger partial charge in [0, 0.05) is 11.1 Å². The van der Waals surface area contributed by atoms with Crippen molar-refractivity contribution in [3.05, 3.63) is 64.5 Å². The number of carbonyl (C=O) groups is 1. The molecule has 0 bridgehead atoms. The molecule has 0 aliphatic rings. The van der Waals surface area contributed by atoms with Crippen molar-refractivity contribution < 1.29 is 27.1 Å². The molecule has 0 saturated carbocycles. The van der Waals surface area contributed by atoms with Crippen molar-refractivity contribution in [3.63, 3.8) is 0 Å². The molecule has 0 unspecified atom stereocenters. The molecule has 2 aromatic rings. The molecule has 0 atom stereocenters. The summed E-state index contributed by atoms with van der Waals surface area (Å²) in [5.41, 5.74) is 4.90. The fraction of sp³-hybridized carbons (Fsp3) is 0.188.